The van der Waals surface area contributed by atoms with Gasteiger partial charge in [0, 0.05) is 13.1 Å². The molecule has 0 aromatic carbocycles. The summed E-state index contributed by atoms with van der Waals surface area (Å²) >= 11 is 3.26. The van der Waals surface area contributed by atoms with Crippen LogP contribution in [-0.4, -0.2) is 41.8 Å². The van der Waals surface area contributed by atoms with E-state index in [-0.39, 0.29) is 23.1 Å². The second kappa shape index (κ2) is 4.60. The highest BCUT2D eigenvalue weighted by molar-refractivity contribution is 9.10. The number of methoxy groups -OCH3 is 1. The van der Waals surface area contributed by atoms with E-state index in [0.29, 0.717) is 6.54 Å². The van der Waals surface area contributed by atoms with Gasteiger partial charge in [-0.2, -0.15) is 0 Å². The molecule has 1 rings (SSSR count). The Labute approximate surface area is 85.4 Å². The van der Waals surface area contributed by atoms with Crippen molar-refractivity contribution in [1.29, 1.82) is 0 Å². The van der Waals surface area contributed by atoms with Crippen LogP contribution in [0.4, 0.5) is 0 Å². The van der Waals surface area contributed by atoms with Crippen LogP contribution in [0.5, 0.6) is 0 Å². The van der Waals surface area contributed by atoms with Crippen LogP contribution < -0.4 is 0 Å². The van der Waals surface area contributed by atoms with E-state index >= 15 is 0 Å². The van der Waals surface area contributed by atoms with Crippen LogP contribution in [0.15, 0.2) is 0 Å². The summed E-state index contributed by atoms with van der Waals surface area (Å²) in [5.41, 5.74) is 0. The Hall–Kier alpha value is -0.580. The van der Waals surface area contributed by atoms with Crippen molar-refractivity contribution < 1.29 is 14.3 Å². The number of halogens is 1. The quantitative estimate of drug-likeness (QED) is 0.542. The van der Waals surface area contributed by atoms with E-state index in [2.05, 4.69) is 20.7 Å². The van der Waals surface area contributed by atoms with Crippen LogP contribution >= 0.6 is 15.9 Å². The molecule has 0 N–H and O–H groups in total. The number of hydrogen-bond donors (Lipinski definition) is 0. The first-order chi connectivity index (χ1) is 6.15. The summed E-state index contributed by atoms with van der Waals surface area (Å²) in [4.78, 5) is 23.7. The van der Waals surface area contributed by atoms with Crippen LogP contribution in [0.2, 0.25) is 0 Å². The zero-order chi connectivity index (χ0) is 9.84. The van der Waals surface area contributed by atoms with Crippen LogP contribution in [0, 0.1) is 0 Å². The molecule has 1 saturated heterocycles. The summed E-state index contributed by atoms with van der Waals surface area (Å²) < 4.78 is 4.48. The van der Waals surface area contributed by atoms with Crippen LogP contribution in [0.25, 0.3) is 0 Å². The maximum absolute atomic E-state index is 11.3. The lowest BCUT2D eigenvalue weighted by Gasteiger charge is -2.14. The van der Waals surface area contributed by atoms with Crippen molar-refractivity contribution >= 4 is 27.8 Å². The van der Waals surface area contributed by atoms with Gasteiger partial charge in [0.15, 0.2) is 0 Å². The van der Waals surface area contributed by atoms with Gasteiger partial charge in [0.2, 0.25) is 5.91 Å². The molecule has 1 amide bonds. The third-order valence-electron chi connectivity index (χ3n) is 2.05. The fourth-order valence-electron chi connectivity index (χ4n) is 1.25. The molecule has 0 aromatic heterocycles. The fourth-order valence-corrected chi connectivity index (χ4v) is 1.75. The highest BCUT2D eigenvalue weighted by atomic mass is 79.9. The summed E-state index contributed by atoms with van der Waals surface area (Å²) in [5.74, 6) is -0.199. The van der Waals surface area contributed by atoms with Gasteiger partial charge in [-0.25, -0.2) is 0 Å². The number of carbonyl (C=O) groups excluding carboxylic acids is 2. The van der Waals surface area contributed by atoms with E-state index in [1.165, 1.54) is 7.11 Å². The van der Waals surface area contributed by atoms with E-state index in [1.807, 2.05) is 0 Å². The predicted molar refractivity (Wildman–Crippen MR) is 50.5 cm³/mol. The second-order valence-corrected chi connectivity index (χ2v) is 4.01. The van der Waals surface area contributed by atoms with Crippen molar-refractivity contribution in [2.45, 2.75) is 17.7 Å². The molecule has 1 heterocycles. The molecule has 74 valence electrons. The van der Waals surface area contributed by atoms with Gasteiger partial charge in [0.25, 0.3) is 0 Å². The summed E-state index contributed by atoms with van der Waals surface area (Å²) in [6.45, 7) is 1.19. The van der Waals surface area contributed by atoms with Crippen LogP contribution in [0.3, 0.4) is 0 Å². The van der Waals surface area contributed by atoms with Gasteiger partial charge in [-0.15, -0.1) is 0 Å². The predicted octanol–water partition coefficient (Wildman–Crippen LogP) is 0.545. The average molecular weight is 250 g/mol. The van der Waals surface area contributed by atoms with Gasteiger partial charge in [0.1, 0.15) is 0 Å². The molecule has 1 fully saturated rings. The van der Waals surface area contributed by atoms with Crippen molar-refractivity contribution in [3.05, 3.63) is 0 Å². The molecule has 1 atom stereocenters. The Kier molecular flexibility index (Phi) is 3.71. The topological polar surface area (TPSA) is 46.6 Å². The fraction of sp³-hybridized carbons (Fsp3) is 0.750. The van der Waals surface area contributed by atoms with Crippen molar-refractivity contribution in [3.63, 3.8) is 0 Å². The lowest BCUT2D eigenvalue weighted by Crippen LogP contribution is -2.29. The Morgan fingerprint density at radius 2 is 2.46 bits per heavy atom. The van der Waals surface area contributed by atoms with Crippen LogP contribution in [-0.2, 0) is 14.3 Å². The number of ether oxygens (including phenoxy) is 1. The second-order valence-electron chi connectivity index (χ2n) is 2.91. The van der Waals surface area contributed by atoms with E-state index in [4.69, 9.17) is 0 Å². The van der Waals surface area contributed by atoms with Crippen molar-refractivity contribution in [2.24, 2.45) is 0 Å². The van der Waals surface area contributed by atoms with Gasteiger partial charge in [-0.05, 0) is 6.42 Å². The van der Waals surface area contributed by atoms with Gasteiger partial charge in [-0.1, -0.05) is 15.9 Å². The molecule has 5 heteroatoms. The van der Waals surface area contributed by atoms with Crippen molar-refractivity contribution in [1.82, 2.24) is 4.90 Å². The van der Waals surface area contributed by atoms with Gasteiger partial charge in [-0.3, -0.25) is 9.59 Å². The molecular weight excluding hydrogens is 238 g/mol. The summed E-state index contributed by atoms with van der Waals surface area (Å²) in [6, 6.07) is 0. The van der Waals surface area contributed by atoms with Gasteiger partial charge in [0.05, 0.1) is 18.4 Å². The number of hydrogen-bond acceptors (Lipinski definition) is 3. The highest BCUT2D eigenvalue weighted by Crippen LogP contribution is 2.18. The molecule has 0 bridgehead atoms. The molecule has 0 unspecified atom stereocenters. The van der Waals surface area contributed by atoms with Gasteiger partial charge >= 0.3 is 5.97 Å². The molecular formula is C8H12BrNO3. The molecule has 13 heavy (non-hydrogen) atoms. The molecule has 0 radical (unpaired) electrons. The van der Waals surface area contributed by atoms with E-state index in [1.54, 1.807) is 4.90 Å². The maximum Gasteiger partial charge on any atom is 0.307 e. The lowest BCUT2D eigenvalue weighted by atomic mass is 10.4. The lowest BCUT2D eigenvalue weighted by molar-refractivity contribution is -0.141. The zero-order valence-corrected chi connectivity index (χ0v) is 9.04. The Morgan fingerprint density at radius 3 is 2.92 bits per heavy atom. The summed E-state index contributed by atoms with van der Waals surface area (Å²) in [7, 11) is 1.35. The van der Waals surface area contributed by atoms with Crippen molar-refractivity contribution in [2.75, 3.05) is 20.2 Å². The first-order valence-corrected chi connectivity index (χ1v) is 5.06. The number of amides is 1. The van der Waals surface area contributed by atoms with Gasteiger partial charge < -0.3 is 9.64 Å². The molecule has 0 aliphatic carbocycles. The minimum absolute atomic E-state index is 0.0647. The summed E-state index contributed by atoms with van der Waals surface area (Å²) in [5, 5.41) is 0. The monoisotopic (exact) mass is 249 g/mol. The normalized spacial score (nSPS) is 22.2. The number of alkyl halides is 1. The minimum Gasteiger partial charge on any atom is -0.469 e. The smallest absolute Gasteiger partial charge is 0.307 e. The Balaban J connectivity index is 2.30. The average Bonchev–Trinajstić information content (AvgIpc) is 2.44. The Morgan fingerprint density at radius 1 is 1.77 bits per heavy atom. The van der Waals surface area contributed by atoms with E-state index < -0.39 is 0 Å². The zero-order valence-electron chi connectivity index (χ0n) is 7.46. The number of esters is 1. The minimum atomic E-state index is -0.272. The van der Waals surface area contributed by atoms with Crippen LogP contribution in [0.1, 0.15) is 12.8 Å². The maximum atomic E-state index is 11.3. The third kappa shape index (κ3) is 2.69. The molecule has 1 aliphatic rings. The molecule has 1 aliphatic heterocycles. The van der Waals surface area contributed by atoms with E-state index in [0.717, 1.165) is 13.0 Å². The number of likely N-dealkylation sites (tertiary alicyclic amines) is 1. The Bertz CT molecular complexity index is 219. The number of nitrogens with zero attached hydrogens (tertiary/aromatic N) is 1. The highest BCUT2D eigenvalue weighted by Gasteiger charge is 2.29. The first kappa shape index (κ1) is 10.5. The number of rotatable bonds is 3. The van der Waals surface area contributed by atoms with E-state index in [9.17, 15) is 9.59 Å². The molecule has 4 nitrogen and oxygen atoms in total. The SMILES string of the molecule is COC(=O)CCN1CC[C@H](Br)C1=O. The number of carbonyl (C=O) groups is 2. The third-order valence-corrected chi connectivity index (χ3v) is 2.90. The standard InChI is InChI=1S/C8H12BrNO3/c1-13-7(11)3-5-10-4-2-6(9)8(10)12/h6H,2-5H2,1H3/t6-/m0/s1. The molecule has 0 aromatic rings. The summed E-state index contributed by atoms with van der Waals surface area (Å²) in [6.07, 6.45) is 1.10. The molecule has 0 saturated carbocycles. The van der Waals surface area contributed by atoms with Crippen molar-refractivity contribution in [3.8, 4) is 0 Å². The largest absolute Gasteiger partial charge is 0.469 e. The molecule has 0 spiro atoms. The first-order valence-electron chi connectivity index (χ1n) is 4.15.